The Balaban J connectivity index is 1.82. The second-order valence-electron chi connectivity index (χ2n) is 6.82. The van der Waals surface area contributed by atoms with Gasteiger partial charge in [0, 0.05) is 49.8 Å². The Morgan fingerprint density at radius 2 is 2.08 bits per heavy atom. The molecule has 24 heavy (non-hydrogen) atoms. The summed E-state index contributed by atoms with van der Waals surface area (Å²) in [6, 6.07) is 5.19. The summed E-state index contributed by atoms with van der Waals surface area (Å²) in [7, 11) is 0. The molecular formula is C18H23N3O3. The average Bonchev–Trinajstić information content (AvgIpc) is 3.13. The van der Waals surface area contributed by atoms with Crippen molar-refractivity contribution in [3.8, 4) is 5.75 Å². The fourth-order valence-corrected chi connectivity index (χ4v) is 4.23. The quantitative estimate of drug-likeness (QED) is 0.630. The number of nitro benzene ring substituents is 1. The molecule has 0 radical (unpaired) electrons. The van der Waals surface area contributed by atoms with Gasteiger partial charge in [-0.3, -0.25) is 19.9 Å². The van der Waals surface area contributed by atoms with Crippen molar-refractivity contribution in [2.24, 2.45) is 0 Å². The number of nitrogens with zero attached hydrogens (tertiary/aromatic N) is 3. The van der Waals surface area contributed by atoms with Gasteiger partial charge in [0.15, 0.2) is 5.72 Å². The van der Waals surface area contributed by atoms with Crippen molar-refractivity contribution in [2.45, 2.75) is 31.9 Å². The summed E-state index contributed by atoms with van der Waals surface area (Å²) in [6.45, 7) is 7.01. The van der Waals surface area contributed by atoms with Crippen LogP contribution in [0, 0.1) is 10.1 Å². The number of piperidine rings is 1. The van der Waals surface area contributed by atoms with Crippen LogP contribution in [0.15, 0.2) is 23.8 Å². The van der Waals surface area contributed by atoms with Gasteiger partial charge in [-0.2, -0.15) is 0 Å². The van der Waals surface area contributed by atoms with Gasteiger partial charge in [0.1, 0.15) is 0 Å². The van der Waals surface area contributed by atoms with Gasteiger partial charge in [0.05, 0.1) is 4.92 Å². The fraction of sp³-hybridized carbons (Fsp3) is 0.556. The van der Waals surface area contributed by atoms with Crippen LogP contribution in [0.4, 0.5) is 5.69 Å². The van der Waals surface area contributed by atoms with Crippen LogP contribution >= 0.6 is 0 Å². The second-order valence-corrected chi connectivity index (χ2v) is 6.82. The molecule has 2 fully saturated rings. The maximum absolute atomic E-state index is 11.4. The molecule has 6 nitrogen and oxygen atoms in total. The molecule has 0 N–H and O–H groups in total. The van der Waals surface area contributed by atoms with E-state index in [4.69, 9.17) is 4.74 Å². The number of likely N-dealkylation sites (N-methyl/N-ethyl adjacent to an activating group) is 1. The van der Waals surface area contributed by atoms with Gasteiger partial charge in [0.2, 0.25) is 5.75 Å². The molecule has 3 heterocycles. The summed E-state index contributed by atoms with van der Waals surface area (Å²) < 4.78 is 6.48. The number of likely N-dealkylation sites (tertiary alicyclic amines) is 2. The lowest BCUT2D eigenvalue weighted by molar-refractivity contribution is -0.386. The molecule has 3 aliphatic rings. The van der Waals surface area contributed by atoms with Gasteiger partial charge in [0.25, 0.3) is 0 Å². The highest BCUT2D eigenvalue weighted by Gasteiger charge is 2.49. The highest BCUT2D eigenvalue weighted by atomic mass is 16.6. The van der Waals surface area contributed by atoms with Gasteiger partial charge < -0.3 is 4.74 Å². The Morgan fingerprint density at radius 3 is 2.79 bits per heavy atom. The van der Waals surface area contributed by atoms with E-state index in [1.807, 2.05) is 6.07 Å². The first-order chi connectivity index (χ1) is 11.6. The lowest BCUT2D eigenvalue weighted by Gasteiger charge is -2.50. The first kappa shape index (κ1) is 15.6. The fourth-order valence-electron chi connectivity index (χ4n) is 4.23. The summed E-state index contributed by atoms with van der Waals surface area (Å²) in [5.41, 5.74) is 1.64. The maximum Gasteiger partial charge on any atom is 0.311 e. The van der Waals surface area contributed by atoms with E-state index in [9.17, 15) is 10.1 Å². The highest BCUT2D eigenvalue weighted by Crippen LogP contribution is 2.46. The largest absolute Gasteiger partial charge is 0.461 e. The third kappa shape index (κ3) is 2.32. The zero-order valence-corrected chi connectivity index (χ0v) is 14.0. The van der Waals surface area contributed by atoms with Crippen LogP contribution in [0.2, 0.25) is 0 Å². The average molecular weight is 329 g/mol. The van der Waals surface area contributed by atoms with Crippen molar-refractivity contribution in [2.75, 3.05) is 32.7 Å². The van der Waals surface area contributed by atoms with Crippen LogP contribution in [0.25, 0.3) is 6.08 Å². The molecule has 1 unspecified atom stereocenters. The Labute approximate surface area is 141 Å². The lowest BCUT2D eigenvalue weighted by Crippen LogP contribution is -2.60. The minimum Gasteiger partial charge on any atom is -0.461 e. The normalized spacial score (nSPS) is 27.1. The molecule has 2 saturated heterocycles. The van der Waals surface area contributed by atoms with Gasteiger partial charge in [-0.1, -0.05) is 19.1 Å². The molecule has 1 atom stereocenters. The number of hydrogen-bond acceptors (Lipinski definition) is 5. The highest BCUT2D eigenvalue weighted by molar-refractivity contribution is 5.70. The van der Waals surface area contributed by atoms with Gasteiger partial charge in [-0.05, 0) is 25.5 Å². The van der Waals surface area contributed by atoms with E-state index in [-0.39, 0.29) is 10.6 Å². The van der Waals surface area contributed by atoms with Gasteiger partial charge in [-0.25, -0.2) is 0 Å². The van der Waals surface area contributed by atoms with E-state index in [0.29, 0.717) is 5.75 Å². The van der Waals surface area contributed by atoms with Crippen LogP contribution in [0.5, 0.6) is 5.75 Å². The molecule has 1 aromatic rings. The Bertz CT molecular complexity index is 697. The summed E-state index contributed by atoms with van der Waals surface area (Å²) in [5.74, 6) is 0.433. The standard InChI is InChI=1S/C18H23N3O3/c1-2-19-11-8-18(20-9-3-4-10-20)15(13-19)12-14-6-5-7-16(21(22)23)17(14)24-18/h5-7,12H,2-4,8-11,13H2,1H3. The predicted molar refractivity (Wildman–Crippen MR) is 92.0 cm³/mol. The number of ether oxygens (including phenoxy) is 1. The van der Waals surface area contributed by atoms with Gasteiger partial charge >= 0.3 is 5.69 Å². The number of rotatable bonds is 3. The number of hydrogen-bond donors (Lipinski definition) is 0. The summed E-state index contributed by atoms with van der Waals surface area (Å²) >= 11 is 0. The van der Waals surface area contributed by atoms with E-state index in [0.717, 1.165) is 44.7 Å². The number of benzene rings is 1. The molecule has 6 heteroatoms. The molecule has 0 bridgehead atoms. The van der Waals surface area contributed by atoms with Crippen molar-refractivity contribution in [1.82, 2.24) is 9.80 Å². The summed E-state index contributed by atoms with van der Waals surface area (Å²) in [6.07, 6.45) is 5.32. The number of fused-ring (bicyclic) bond motifs is 2. The zero-order chi connectivity index (χ0) is 16.7. The van der Waals surface area contributed by atoms with Crippen molar-refractivity contribution >= 4 is 11.8 Å². The third-order valence-electron chi connectivity index (χ3n) is 5.55. The molecule has 3 aliphatic heterocycles. The minimum atomic E-state index is -0.499. The van der Waals surface area contributed by atoms with Crippen molar-refractivity contribution in [3.05, 3.63) is 39.4 Å². The van der Waals surface area contributed by atoms with E-state index in [1.54, 1.807) is 6.07 Å². The van der Waals surface area contributed by atoms with E-state index in [1.165, 1.54) is 24.5 Å². The maximum atomic E-state index is 11.4. The summed E-state index contributed by atoms with van der Waals surface area (Å²) in [4.78, 5) is 15.9. The molecule has 128 valence electrons. The zero-order valence-electron chi connectivity index (χ0n) is 14.0. The van der Waals surface area contributed by atoms with Crippen LogP contribution < -0.4 is 4.74 Å². The molecular weight excluding hydrogens is 306 g/mol. The van der Waals surface area contributed by atoms with Gasteiger partial charge in [-0.15, -0.1) is 0 Å². The number of nitro groups is 1. The van der Waals surface area contributed by atoms with Crippen LogP contribution in [0.1, 0.15) is 31.7 Å². The van der Waals surface area contributed by atoms with Crippen molar-refractivity contribution in [3.63, 3.8) is 0 Å². The first-order valence-electron chi connectivity index (χ1n) is 8.79. The minimum absolute atomic E-state index is 0.0688. The molecule has 0 aromatic heterocycles. The van der Waals surface area contributed by atoms with E-state index in [2.05, 4.69) is 22.8 Å². The molecule has 1 aromatic carbocycles. The summed E-state index contributed by atoms with van der Waals surface area (Å²) in [5, 5.41) is 11.4. The topological polar surface area (TPSA) is 58.8 Å². The van der Waals surface area contributed by atoms with Crippen molar-refractivity contribution in [1.29, 1.82) is 0 Å². The van der Waals surface area contributed by atoms with Crippen molar-refractivity contribution < 1.29 is 9.66 Å². The molecule has 0 saturated carbocycles. The Hall–Kier alpha value is -1.92. The molecule has 0 spiro atoms. The molecule has 0 amide bonds. The van der Waals surface area contributed by atoms with Crippen LogP contribution in [-0.4, -0.2) is 53.2 Å². The Kier molecular flexibility index (Phi) is 3.81. The molecule has 0 aliphatic carbocycles. The second kappa shape index (κ2) is 5.86. The first-order valence-corrected chi connectivity index (χ1v) is 8.79. The number of para-hydroxylation sites is 1. The predicted octanol–water partition coefficient (Wildman–Crippen LogP) is 2.89. The monoisotopic (exact) mass is 329 g/mol. The SMILES string of the molecule is CCN1CCC2(N3CCCC3)Oc3c(cccc3[N+](=O)[O-])C=C2C1. The van der Waals surface area contributed by atoms with E-state index >= 15 is 0 Å². The third-order valence-corrected chi connectivity index (χ3v) is 5.55. The Morgan fingerprint density at radius 1 is 1.29 bits per heavy atom. The van der Waals surface area contributed by atoms with E-state index < -0.39 is 5.72 Å². The smallest absolute Gasteiger partial charge is 0.311 e. The molecule has 4 rings (SSSR count). The van der Waals surface area contributed by atoms with Crippen LogP contribution in [-0.2, 0) is 0 Å². The lowest BCUT2D eigenvalue weighted by atomic mass is 9.88. The van der Waals surface area contributed by atoms with Crippen LogP contribution in [0.3, 0.4) is 0 Å².